The van der Waals surface area contributed by atoms with Crippen LogP contribution in [0, 0.1) is 0 Å². The largest absolute Gasteiger partial charge is 0.497 e. The van der Waals surface area contributed by atoms with Gasteiger partial charge in [0.05, 0.1) is 22.8 Å². The molecule has 0 radical (unpaired) electrons. The second-order valence-corrected chi connectivity index (χ2v) is 4.87. The zero-order valence-corrected chi connectivity index (χ0v) is 11.6. The van der Waals surface area contributed by atoms with Crippen LogP contribution in [0.2, 0.25) is 10.0 Å². The van der Waals surface area contributed by atoms with Gasteiger partial charge in [-0.3, -0.25) is 0 Å². The Labute approximate surface area is 120 Å². The zero-order valence-electron chi connectivity index (χ0n) is 10.1. The first kappa shape index (κ1) is 12.3. The normalized spacial score (nSPS) is 10.9. The van der Waals surface area contributed by atoms with Crippen molar-refractivity contribution in [2.75, 3.05) is 7.11 Å². The number of hydrogen-bond donors (Lipinski definition) is 0. The zero-order chi connectivity index (χ0) is 13.4. The van der Waals surface area contributed by atoms with Crippen LogP contribution >= 0.6 is 23.2 Å². The highest BCUT2D eigenvalue weighted by Gasteiger charge is 2.12. The molecule has 0 bridgehead atoms. The number of fused-ring (bicyclic) bond motifs is 1. The molecular formula is C14H10Cl2N2O. The Balaban J connectivity index is 2.21. The Morgan fingerprint density at radius 1 is 1.16 bits per heavy atom. The number of ether oxygens (including phenoxy) is 1. The Morgan fingerprint density at radius 2 is 1.89 bits per heavy atom. The first-order chi connectivity index (χ1) is 9.19. The Hall–Kier alpha value is -1.71. The fourth-order valence-electron chi connectivity index (χ4n) is 1.95. The van der Waals surface area contributed by atoms with E-state index in [1.807, 2.05) is 35.0 Å². The van der Waals surface area contributed by atoms with Crippen molar-refractivity contribution >= 4 is 28.8 Å². The van der Waals surface area contributed by atoms with Gasteiger partial charge in [0.25, 0.3) is 0 Å². The summed E-state index contributed by atoms with van der Waals surface area (Å²) in [5.74, 6) is 0.759. The van der Waals surface area contributed by atoms with Crippen LogP contribution in [0.4, 0.5) is 0 Å². The number of benzene rings is 1. The molecule has 0 spiro atoms. The summed E-state index contributed by atoms with van der Waals surface area (Å²) in [5.41, 5.74) is 2.27. The standard InChI is InChI=1S/C14H10Cl2N2O/c1-19-9-5-6-18-8-12(17-13(18)7-9)14-10(15)3-2-4-11(14)16/h2-8H,1H3. The quantitative estimate of drug-likeness (QED) is 0.703. The molecular weight excluding hydrogens is 283 g/mol. The Morgan fingerprint density at radius 3 is 2.58 bits per heavy atom. The average molecular weight is 293 g/mol. The molecule has 3 rings (SSSR count). The van der Waals surface area contributed by atoms with Crippen molar-refractivity contribution in [2.24, 2.45) is 0 Å². The molecule has 0 saturated heterocycles. The van der Waals surface area contributed by atoms with E-state index in [0.717, 1.165) is 22.7 Å². The highest BCUT2D eigenvalue weighted by Crippen LogP contribution is 2.34. The number of hydrogen-bond acceptors (Lipinski definition) is 2. The molecule has 3 nitrogen and oxygen atoms in total. The lowest BCUT2D eigenvalue weighted by Gasteiger charge is -2.02. The van der Waals surface area contributed by atoms with Gasteiger partial charge in [0.1, 0.15) is 11.4 Å². The predicted octanol–water partition coefficient (Wildman–Crippen LogP) is 4.32. The summed E-state index contributed by atoms with van der Waals surface area (Å²) in [6.45, 7) is 0. The molecule has 0 aliphatic heterocycles. The van der Waals surface area contributed by atoms with Crippen molar-refractivity contribution in [3.05, 3.63) is 52.8 Å². The van der Waals surface area contributed by atoms with Crippen molar-refractivity contribution in [2.45, 2.75) is 0 Å². The van der Waals surface area contributed by atoms with Gasteiger partial charge in [-0.15, -0.1) is 0 Å². The lowest BCUT2D eigenvalue weighted by molar-refractivity contribution is 0.414. The van der Waals surface area contributed by atoms with E-state index in [1.165, 1.54) is 0 Å². The van der Waals surface area contributed by atoms with Crippen LogP contribution in [0.15, 0.2) is 42.7 Å². The molecule has 0 amide bonds. The highest BCUT2D eigenvalue weighted by atomic mass is 35.5. The Kier molecular flexibility index (Phi) is 3.09. The minimum Gasteiger partial charge on any atom is -0.497 e. The minimum atomic E-state index is 0.586. The van der Waals surface area contributed by atoms with Crippen LogP contribution in [0.1, 0.15) is 0 Å². The fraction of sp³-hybridized carbons (Fsp3) is 0.0714. The van der Waals surface area contributed by atoms with Gasteiger partial charge in [0.15, 0.2) is 0 Å². The maximum absolute atomic E-state index is 6.19. The summed E-state index contributed by atoms with van der Waals surface area (Å²) < 4.78 is 7.08. The van der Waals surface area contributed by atoms with Crippen LogP contribution in [0.25, 0.3) is 16.9 Å². The second kappa shape index (κ2) is 4.76. The van der Waals surface area contributed by atoms with Gasteiger partial charge in [-0.25, -0.2) is 4.98 Å². The van der Waals surface area contributed by atoms with E-state index >= 15 is 0 Å². The number of aromatic nitrogens is 2. The maximum Gasteiger partial charge on any atom is 0.141 e. The van der Waals surface area contributed by atoms with Crippen LogP contribution in [-0.2, 0) is 0 Å². The number of methoxy groups -OCH3 is 1. The molecule has 0 atom stereocenters. The molecule has 0 aliphatic rings. The lowest BCUT2D eigenvalue weighted by Crippen LogP contribution is -1.86. The van der Waals surface area contributed by atoms with Gasteiger partial charge in [-0.05, 0) is 18.2 Å². The van der Waals surface area contributed by atoms with E-state index in [0.29, 0.717) is 10.0 Å². The highest BCUT2D eigenvalue weighted by molar-refractivity contribution is 6.39. The van der Waals surface area contributed by atoms with E-state index < -0.39 is 0 Å². The lowest BCUT2D eigenvalue weighted by atomic mass is 10.2. The maximum atomic E-state index is 6.19. The molecule has 0 N–H and O–H groups in total. The van der Waals surface area contributed by atoms with E-state index in [2.05, 4.69) is 4.98 Å². The number of pyridine rings is 1. The van der Waals surface area contributed by atoms with Crippen LogP contribution < -0.4 is 4.74 Å². The molecule has 0 aliphatic carbocycles. The molecule has 0 fully saturated rings. The van der Waals surface area contributed by atoms with Crippen LogP contribution in [0.5, 0.6) is 5.75 Å². The van der Waals surface area contributed by atoms with Gasteiger partial charge in [0, 0.05) is 24.0 Å². The van der Waals surface area contributed by atoms with Crippen LogP contribution in [0.3, 0.4) is 0 Å². The van der Waals surface area contributed by atoms with E-state index in [-0.39, 0.29) is 0 Å². The molecule has 1 aromatic carbocycles. The topological polar surface area (TPSA) is 26.5 Å². The van der Waals surface area contributed by atoms with E-state index in [9.17, 15) is 0 Å². The summed E-state index contributed by atoms with van der Waals surface area (Å²) in [4.78, 5) is 4.53. The van der Waals surface area contributed by atoms with Gasteiger partial charge in [0.2, 0.25) is 0 Å². The summed E-state index contributed by atoms with van der Waals surface area (Å²) in [5, 5.41) is 1.17. The first-order valence-corrected chi connectivity index (χ1v) is 6.42. The van der Waals surface area contributed by atoms with Crippen molar-refractivity contribution < 1.29 is 4.74 Å². The number of halogens is 2. The van der Waals surface area contributed by atoms with Crippen molar-refractivity contribution in [3.63, 3.8) is 0 Å². The molecule has 2 heterocycles. The van der Waals surface area contributed by atoms with Gasteiger partial charge >= 0.3 is 0 Å². The van der Waals surface area contributed by atoms with Crippen molar-refractivity contribution in [3.8, 4) is 17.0 Å². The van der Waals surface area contributed by atoms with E-state index in [4.69, 9.17) is 27.9 Å². The molecule has 3 aromatic rings. The van der Waals surface area contributed by atoms with Gasteiger partial charge in [-0.2, -0.15) is 0 Å². The fourth-order valence-corrected chi connectivity index (χ4v) is 2.54. The minimum absolute atomic E-state index is 0.586. The smallest absolute Gasteiger partial charge is 0.141 e. The SMILES string of the molecule is COc1ccn2cc(-c3c(Cl)cccc3Cl)nc2c1. The molecule has 19 heavy (non-hydrogen) atoms. The Bertz CT molecular complexity index is 732. The predicted molar refractivity (Wildman–Crippen MR) is 77.2 cm³/mol. The van der Waals surface area contributed by atoms with Gasteiger partial charge < -0.3 is 9.14 Å². The summed E-state index contributed by atoms with van der Waals surface area (Å²) in [6, 6.07) is 9.13. The molecule has 5 heteroatoms. The molecule has 0 unspecified atom stereocenters. The third-order valence-corrected chi connectivity index (χ3v) is 3.52. The monoisotopic (exact) mass is 292 g/mol. The number of imidazole rings is 1. The number of rotatable bonds is 2. The second-order valence-electron chi connectivity index (χ2n) is 4.05. The summed E-state index contributed by atoms with van der Waals surface area (Å²) >= 11 is 12.4. The van der Waals surface area contributed by atoms with Crippen molar-refractivity contribution in [1.29, 1.82) is 0 Å². The van der Waals surface area contributed by atoms with Crippen LogP contribution in [-0.4, -0.2) is 16.5 Å². The molecule has 0 saturated carbocycles. The van der Waals surface area contributed by atoms with E-state index in [1.54, 1.807) is 19.2 Å². The third kappa shape index (κ3) is 2.15. The molecule has 96 valence electrons. The third-order valence-electron chi connectivity index (χ3n) is 2.89. The first-order valence-electron chi connectivity index (χ1n) is 5.66. The van der Waals surface area contributed by atoms with Crippen molar-refractivity contribution in [1.82, 2.24) is 9.38 Å². The average Bonchev–Trinajstić information content (AvgIpc) is 2.80. The number of nitrogens with zero attached hydrogens (tertiary/aromatic N) is 2. The summed E-state index contributed by atoms with van der Waals surface area (Å²) in [7, 11) is 1.63. The molecule has 2 aromatic heterocycles. The summed E-state index contributed by atoms with van der Waals surface area (Å²) in [6.07, 6.45) is 3.78. The van der Waals surface area contributed by atoms with Gasteiger partial charge in [-0.1, -0.05) is 29.3 Å².